The Hall–Kier alpha value is -1.02. The van der Waals surface area contributed by atoms with E-state index in [1.807, 2.05) is 0 Å². The topological polar surface area (TPSA) is 80.9 Å². The predicted octanol–water partition coefficient (Wildman–Crippen LogP) is 3.94. The number of benzene rings is 1. The molecule has 112 valence electrons. The zero-order valence-corrected chi connectivity index (χ0v) is 14.0. The van der Waals surface area contributed by atoms with Crippen LogP contribution in [-0.4, -0.2) is 21.0 Å². The third-order valence-electron chi connectivity index (χ3n) is 2.46. The molecule has 0 saturated heterocycles. The molecule has 0 radical (unpaired) electrons. The van der Waals surface area contributed by atoms with Crippen molar-refractivity contribution in [3.8, 4) is 0 Å². The Morgan fingerprint density at radius 3 is 2.90 bits per heavy atom. The first-order valence-electron chi connectivity index (χ1n) is 6.00. The largest absolute Gasteiger partial charge is 0.397 e. The van der Waals surface area contributed by atoms with E-state index in [9.17, 15) is 4.79 Å². The number of halogens is 2. The smallest absolute Gasteiger partial charge is 0.224 e. The summed E-state index contributed by atoms with van der Waals surface area (Å²) in [5, 5.41) is 3.47. The van der Waals surface area contributed by atoms with Crippen LogP contribution in [0.5, 0.6) is 0 Å². The van der Waals surface area contributed by atoms with Crippen molar-refractivity contribution in [2.24, 2.45) is 0 Å². The van der Waals surface area contributed by atoms with Crippen molar-refractivity contribution >= 4 is 63.8 Å². The molecule has 3 N–H and O–H groups in total. The maximum atomic E-state index is 11.9. The van der Waals surface area contributed by atoms with Gasteiger partial charge < -0.3 is 11.1 Å². The van der Waals surface area contributed by atoms with E-state index in [-0.39, 0.29) is 5.91 Å². The number of carbonyl (C=O) groups is 1. The first-order valence-corrected chi connectivity index (χ1v) is 8.51. The molecular weight excluding hydrogens is 351 g/mol. The number of nitrogen functional groups attached to an aromatic ring is 1. The predicted molar refractivity (Wildman–Crippen MR) is 89.4 cm³/mol. The summed E-state index contributed by atoms with van der Waals surface area (Å²) in [6.45, 7) is 0. The van der Waals surface area contributed by atoms with Gasteiger partial charge in [0.2, 0.25) is 5.91 Å². The van der Waals surface area contributed by atoms with Gasteiger partial charge in [0.1, 0.15) is 6.33 Å². The van der Waals surface area contributed by atoms with Gasteiger partial charge in [-0.2, -0.15) is 4.37 Å². The van der Waals surface area contributed by atoms with Gasteiger partial charge in [0.05, 0.1) is 16.4 Å². The Morgan fingerprint density at radius 2 is 2.24 bits per heavy atom. The molecule has 1 aromatic heterocycles. The average Bonchev–Trinajstić information content (AvgIpc) is 2.92. The number of rotatable bonds is 6. The van der Waals surface area contributed by atoms with Gasteiger partial charge in [-0.1, -0.05) is 35.0 Å². The lowest BCUT2D eigenvalue weighted by atomic mass is 10.2. The monoisotopic (exact) mass is 362 g/mol. The van der Waals surface area contributed by atoms with Gasteiger partial charge in [-0.15, -0.1) is 0 Å². The fourth-order valence-corrected chi connectivity index (χ4v) is 3.56. The molecule has 1 amide bonds. The molecular formula is C12H12Cl2N4OS2. The second-order valence-corrected chi connectivity index (χ2v) is 7.02. The van der Waals surface area contributed by atoms with E-state index >= 15 is 0 Å². The van der Waals surface area contributed by atoms with Gasteiger partial charge >= 0.3 is 0 Å². The molecule has 2 rings (SSSR count). The second-order valence-electron chi connectivity index (χ2n) is 4.06. The Bertz CT molecular complexity index is 599. The Morgan fingerprint density at radius 1 is 1.43 bits per heavy atom. The number of anilines is 2. The third kappa shape index (κ3) is 5.03. The van der Waals surface area contributed by atoms with Crippen molar-refractivity contribution in [3.05, 3.63) is 28.5 Å². The first-order chi connectivity index (χ1) is 10.1. The highest BCUT2D eigenvalue weighted by atomic mass is 35.5. The molecule has 0 bridgehead atoms. The summed E-state index contributed by atoms with van der Waals surface area (Å²) in [6.07, 6.45) is 2.62. The van der Waals surface area contributed by atoms with Crippen LogP contribution in [0, 0.1) is 0 Å². The first kappa shape index (κ1) is 16.4. The Kier molecular flexibility index (Phi) is 6.10. The van der Waals surface area contributed by atoms with Crippen LogP contribution in [0.25, 0.3) is 0 Å². The minimum Gasteiger partial charge on any atom is -0.397 e. The highest BCUT2D eigenvalue weighted by molar-refractivity contribution is 8.00. The highest BCUT2D eigenvalue weighted by Crippen LogP contribution is 2.32. The fraction of sp³-hybridized carbons (Fsp3) is 0.250. The zero-order chi connectivity index (χ0) is 15.2. The second kappa shape index (κ2) is 7.84. The van der Waals surface area contributed by atoms with Crippen molar-refractivity contribution in [2.45, 2.75) is 17.2 Å². The molecule has 1 heterocycles. The standard InChI is InChI=1S/C12H12Cl2N4OS2/c13-7-4-8(14)11(9(15)5-7)18-10(19)2-1-3-20-12-16-6-17-21-12/h4-6H,1-3,15H2,(H,18,19). The lowest BCUT2D eigenvalue weighted by Gasteiger charge is -2.10. The van der Waals surface area contributed by atoms with E-state index in [0.717, 1.165) is 16.5 Å². The molecule has 0 aliphatic carbocycles. The number of amides is 1. The number of aromatic nitrogens is 2. The van der Waals surface area contributed by atoms with Crippen LogP contribution in [0.1, 0.15) is 12.8 Å². The summed E-state index contributed by atoms with van der Waals surface area (Å²) in [6, 6.07) is 3.09. The molecule has 0 saturated carbocycles. The lowest BCUT2D eigenvalue weighted by molar-refractivity contribution is -0.116. The number of thioether (sulfide) groups is 1. The summed E-state index contributed by atoms with van der Waals surface area (Å²) in [5.41, 5.74) is 6.54. The number of hydrogen-bond acceptors (Lipinski definition) is 6. The zero-order valence-electron chi connectivity index (χ0n) is 10.8. The Labute approximate surface area is 140 Å². The molecule has 9 heteroatoms. The number of hydrogen-bond donors (Lipinski definition) is 2. The number of nitrogens with two attached hydrogens (primary N) is 1. The number of nitrogens with one attached hydrogen (secondary N) is 1. The Balaban J connectivity index is 1.79. The third-order valence-corrected chi connectivity index (χ3v) is 4.86. The molecule has 0 atom stereocenters. The summed E-state index contributed by atoms with van der Waals surface area (Å²) >= 11 is 14.8. The van der Waals surface area contributed by atoms with E-state index < -0.39 is 0 Å². The SMILES string of the molecule is Nc1cc(Cl)cc(Cl)c1NC(=O)CCCSc1ncns1. The van der Waals surface area contributed by atoms with Crippen LogP contribution in [0.15, 0.2) is 22.8 Å². The molecule has 2 aromatic rings. The van der Waals surface area contributed by atoms with Gasteiger partial charge in [0.15, 0.2) is 4.34 Å². The van der Waals surface area contributed by atoms with E-state index in [4.69, 9.17) is 28.9 Å². The van der Waals surface area contributed by atoms with Crippen LogP contribution in [0.3, 0.4) is 0 Å². The van der Waals surface area contributed by atoms with Crippen LogP contribution in [0.4, 0.5) is 11.4 Å². The van der Waals surface area contributed by atoms with Crippen LogP contribution in [0.2, 0.25) is 10.0 Å². The van der Waals surface area contributed by atoms with Gasteiger partial charge in [0, 0.05) is 17.2 Å². The maximum Gasteiger partial charge on any atom is 0.224 e. The van der Waals surface area contributed by atoms with Crippen molar-refractivity contribution in [1.82, 2.24) is 9.36 Å². The normalized spacial score (nSPS) is 10.6. The highest BCUT2D eigenvalue weighted by Gasteiger charge is 2.10. The average molecular weight is 363 g/mol. The lowest BCUT2D eigenvalue weighted by Crippen LogP contribution is -2.13. The van der Waals surface area contributed by atoms with Crippen LogP contribution >= 0.6 is 46.5 Å². The summed E-state index contributed by atoms with van der Waals surface area (Å²) < 4.78 is 4.81. The van der Waals surface area contributed by atoms with E-state index in [0.29, 0.717) is 27.8 Å². The summed E-state index contributed by atoms with van der Waals surface area (Å²) in [4.78, 5) is 15.9. The van der Waals surface area contributed by atoms with Gasteiger partial charge in [-0.25, -0.2) is 4.98 Å². The molecule has 21 heavy (non-hydrogen) atoms. The molecule has 0 aliphatic rings. The van der Waals surface area contributed by atoms with Crippen molar-refractivity contribution in [3.63, 3.8) is 0 Å². The van der Waals surface area contributed by atoms with Gasteiger partial charge in [-0.3, -0.25) is 4.79 Å². The minimum absolute atomic E-state index is 0.135. The summed E-state index contributed by atoms with van der Waals surface area (Å²) in [5.74, 6) is 0.663. The van der Waals surface area contributed by atoms with E-state index in [1.54, 1.807) is 23.9 Å². The molecule has 0 unspecified atom stereocenters. The van der Waals surface area contributed by atoms with Crippen LogP contribution in [-0.2, 0) is 4.79 Å². The van der Waals surface area contributed by atoms with Gasteiger partial charge in [-0.05, 0) is 30.1 Å². The van der Waals surface area contributed by atoms with E-state index in [1.165, 1.54) is 17.9 Å². The van der Waals surface area contributed by atoms with Gasteiger partial charge in [0.25, 0.3) is 0 Å². The minimum atomic E-state index is -0.135. The van der Waals surface area contributed by atoms with Crippen molar-refractivity contribution in [1.29, 1.82) is 0 Å². The number of carbonyl (C=O) groups excluding carboxylic acids is 1. The number of nitrogens with zero attached hydrogens (tertiary/aromatic N) is 2. The quantitative estimate of drug-likeness (QED) is 0.462. The fourth-order valence-electron chi connectivity index (χ4n) is 1.55. The van der Waals surface area contributed by atoms with Crippen molar-refractivity contribution in [2.75, 3.05) is 16.8 Å². The maximum absolute atomic E-state index is 11.9. The molecule has 1 aromatic carbocycles. The molecule has 0 fully saturated rings. The van der Waals surface area contributed by atoms with E-state index in [2.05, 4.69) is 14.7 Å². The molecule has 0 spiro atoms. The summed E-state index contributed by atoms with van der Waals surface area (Å²) in [7, 11) is 0. The molecule has 0 aliphatic heterocycles. The molecule has 5 nitrogen and oxygen atoms in total. The van der Waals surface area contributed by atoms with Crippen LogP contribution < -0.4 is 11.1 Å². The van der Waals surface area contributed by atoms with Crippen molar-refractivity contribution < 1.29 is 4.79 Å².